The van der Waals surface area contributed by atoms with Crippen molar-refractivity contribution in [1.82, 2.24) is 0 Å². The van der Waals surface area contributed by atoms with E-state index in [0.717, 1.165) is 22.3 Å². The summed E-state index contributed by atoms with van der Waals surface area (Å²) < 4.78 is 52.4. The highest BCUT2D eigenvalue weighted by Crippen LogP contribution is 2.35. The van der Waals surface area contributed by atoms with E-state index in [4.69, 9.17) is 37.9 Å². The molecule has 2 aliphatic rings. The highest BCUT2D eigenvalue weighted by atomic mass is 16.8. The highest BCUT2D eigenvalue weighted by Gasteiger charge is 2.50. The number of azide groups is 1. The third kappa shape index (κ3) is 11.2. The van der Waals surface area contributed by atoms with E-state index in [1.165, 1.54) is 0 Å². The van der Waals surface area contributed by atoms with E-state index < -0.39 is 48.6 Å². The lowest BCUT2D eigenvalue weighted by atomic mass is 9.97. The maximum atomic E-state index is 9.62. The first-order chi connectivity index (χ1) is 26.4. The molecule has 6 rings (SSSR count). The molecule has 2 aliphatic heterocycles. The molecule has 8 atom stereocenters. The molecular formula is C43H51N3O8. The molecule has 4 aromatic rings. The van der Waals surface area contributed by atoms with Crippen molar-refractivity contribution in [2.45, 2.75) is 108 Å². The van der Waals surface area contributed by atoms with Gasteiger partial charge in [-0.2, -0.15) is 0 Å². The van der Waals surface area contributed by atoms with Crippen LogP contribution >= 0.6 is 0 Å². The Morgan fingerprint density at radius 1 is 0.630 bits per heavy atom. The van der Waals surface area contributed by atoms with Crippen LogP contribution in [-0.2, 0) is 64.3 Å². The zero-order valence-electron chi connectivity index (χ0n) is 31.2. The van der Waals surface area contributed by atoms with E-state index in [1.54, 1.807) is 0 Å². The van der Waals surface area contributed by atoms with Crippen molar-refractivity contribution < 1.29 is 37.9 Å². The lowest BCUT2D eigenvalue weighted by Crippen LogP contribution is -2.62. The van der Waals surface area contributed by atoms with E-state index in [2.05, 4.69) is 10.0 Å². The van der Waals surface area contributed by atoms with Crippen LogP contribution in [0, 0.1) is 0 Å². The number of hydrogen-bond donors (Lipinski definition) is 0. The number of rotatable bonds is 19. The second-order valence-electron chi connectivity index (χ2n) is 14.0. The standard InChI is InChI=1S/C43H51N3O8/c1-4-36-38(54-43(2,3)53-36)35(45-46-44)29-51-42-41(50-28-34-23-15-8-16-24-34)40(49-27-33-21-13-7-14-22-33)39(48-26-32-19-11-6-12-20-32)37(52-42)30-47-25-31-17-9-5-10-18-31/h5-24,35-42H,4,25-30H2,1-3H3/t35-,36+,37?,38-,39?,40?,41?,42?/m0/s1. The normalized spacial score (nSPS) is 25.5. The fraction of sp³-hybridized carbons (Fsp3) is 0.442. The third-order valence-electron chi connectivity index (χ3n) is 9.48. The third-order valence-corrected chi connectivity index (χ3v) is 9.48. The number of ether oxygens (including phenoxy) is 8. The topological polar surface area (TPSA) is 123 Å². The van der Waals surface area contributed by atoms with Crippen molar-refractivity contribution in [2.75, 3.05) is 13.2 Å². The smallest absolute Gasteiger partial charge is 0.186 e. The van der Waals surface area contributed by atoms with E-state index in [0.29, 0.717) is 26.2 Å². The summed E-state index contributed by atoms with van der Waals surface area (Å²) >= 11 is 0. The van der Waals surface area contributed by atoms with E-state index in [1.807, 2.05) is 142 Å². The Bertz CT molecular complexity index is 1710. The van der Waals surface area contributed by atoms with Crippen molar-refractivity contribution in [1.29, 1.82) is 0 Å². The monoisotopic (exact) mass is 737 g/mol. The molecule has 11 nitrogen and oxygen atoms in total. The zero-order chi connectivity index (χ0) is 37.6. The molecule has 286 valence electrons. The van der Waals surface area contributed by atoms with Gasteiger partial charge >= 0.3 is 0 Å². The van der Waals surface area contributed by atoms with Gasteiger partial charge in [0.05, 0.1) is 57.9 Å². The van der Waals surface area contributed by atoms with Crippen molar-refractivity contribution in [2.24, 2.45) is 5.11 Å². The minimum atomic E-state index is -0.955. The van der Waals surface area contributed by atoms with Crippen LogP contribution in [0.15, 0.2) is 126 Å². The zero-order valence-corrected chi connectivity index (χ0v) is 31.2. The fourth-order valence-corrected chi connectivity index (χ4v) is 6.84. The summed E-state index contributed by atoms with van der Waals surface area (Å²) in [5.41, 5.74) is 13.6. The van der Waals surface area contributed by atoms with Crippen LogP contribution in [0.1, 0.15) is 49.4 Å². The first kappa shape index (κ1) is 39.6. The molecule has 0 radical (unpaired) electrons. The van der Waals surface area contributed by atoms with Gasteiger partial charge in [0.25, 0.3) is 0 Å². The molecule has 54 heavy (non-hydrogen) atoms. The Hall–Kier alpha value is -4.13. The second kappa shape index (κ2) is 20.0. The first-order valence-corrected chi connectivity index (χ1v) is 18.7. The van der Waals surface area contributed by atoms with Gasteiger partial charge in [0.1, 0.15) is 24.4 Å². The van der Waals surface area contributed by atoms with Crippen molar-refractivity contribution >= 4 is 0 Å². The minimum absolute atomic E-state index is 0.0148. The van der Waals surface area contributed by atoms with Gasteiger partial charge in [-0.3, -0.25) is 0 Å². The van der Waals surface area contributed by atoms with Crippen molar-refractivity contribution in [3.05, 3.63) is 154 Å². The summed E-state index contributed by atoms with van der Waals surface area (Å²) in [6.07, 6.45) is -3.74. The van der Waals surface area contributed by atoms with Crippen LogP contribution in [0.25, 0.3) is 10.4 Å². The summed E-state index contributed by atoms with van der Waals surface area (Å²) in [7, 11) is 0. The van der Waals surface area contributed by atoms with Crippen LogP contribution < -0.4 is 0 Å². The summed E-state index contributed by atoms with van der Waals surface area (Å²) in [6.45, 7) is 7.16. The van der Waals surface area contributed by atoms with Gasteiger partial charge in [-0.15, -0.1) is 0 Å². The molecule has 0 spiro atoms. The molecule has 2 fully saturated rings. The molecule has 11 heteroatoms. The molecule has 0 bridgehead atoms. The van der Waals surface area contributed by atoms with E-state index in [9.17, 15) is 5.53 Å². The molecule has 2 heterocycles. The molecule has 0 aromatic heterocycles. The van der Waals surface area contributed by atoms with Crippen molar-refractivity contribution in [3.63, 3.8) is 0 Å². The second-order valence-corrected chi connectivity index (χ2v) is 14.0. The van der Waals surface area contributed by atoms with E-state index in [-0.39, 0.29) is 25.9 Å². The number of nitrogens with zero attached hydrogens (tertiary/aromatic N) is 3. The number of hydrogen-bond acceptors (Lipinski definition) is 9. The molecule has 0 amide bonds. The van der Waals surface area contributed by atoms with Crippen LogP contribution in [0.3, 0.4) is 0 Å². The Morgan fingerprint density at radius 2 is 1.11 bits per heavy atom. The van der Waals surface area contributed by atoms with E-state index >= 15 is 0 Å². The summed E-state index contributed by atoms with van der Waals surface area (Å²) in [5, 5.41) is 4.12. The molecular weight excluding hydrogens is 686 g/mol. The summed E-state index contributed by atoms with van der Waals surface area (Å²) in [4.78, 5) is 3.16. The predicted octanol–water partition coefficient (Wildman–Crippen LogP) is 8.31. The highest BCUT2D eigenvalue weighted by molar-refractivity contribution is 5.16. The van der Waals surface area contributed by atoms with Gasteiger partial charge < -0.3 is 37.9 Å². The maximum Gasteiger partial charge on any atom is 0.186 e. The van der Waals surface area contributed by atoms with Gasteiger partial charge in [0.2, 0.25) is 0 Å². The van der Waals surface area contributed by atoms with Gasteiger partial charge in [0.15, 0.2) is 12.1 Å². The lowest BCUT2D eigenvalue weighted by molar-refractivity contribution is -0.329. The van der Waals surface area contributed by atoms with Gasteiger partial charge in [0, 0.05) is 4.91 Å². The molecule has 0 saturated carbocycles. The van der Waals surface area contributed by atoms with Gasteiger partial charge in [-0.05, 0) is 48.1 Å². The number of benzene rings is 4. The quantitative estimate of drug-likeness (QED) is 0.0535. The lowest BCUT2D eigenvalue weighted by Gasteiger charge is -2.46. The van der Waals surface area contributed by atoms with Crippen LogP contribution in [0.2, 0.25) is 0 Å². The molecule has 5 unspecified atom stereocenters. The molecule has 0 N–H and O–H groups in total. The Balaban J connectivity index is 1.31. The SMILES string of the molecule is CC[C@H]1OC(C)(C)O[C@H]1[C@H](COC1OC(COCc2ccccc2)C(OCc2ccccc2)C(OCc2ccccc2)C1OCc1ccccc1)N=[N+]=[N-]. The molecule has 4 aromatic carbocycles. The maximum absolute atomic E-state index is 9.62. The Kier molecular flexibility index (Phi) is 14.6. The Labute approximate surface area is 318 Å². The van der Waals surface area contributed by atoms with Crippen LogP contribution in [0.5, 0.6) is 0 Å². The summed E-state index contributed by atoms with van der Waals surface area (Å²) in [5.74, 6) is -0.835. The van der Waals surface area contributed by atoms with Crippen molar-refractivity contribution in [3.8, 4) is 0 Å². The largest absolute Gasteiger partial charge is 0.374 e. The summed E-state index contributed by atoms with van der Waals surface area (Å²) in [6, 6.07) is 39.2. The first-order valence-electron chi connectivity index (χ1n) is 18.7. The molecule has 2 saturated heterocycles. The van der Waals surface area contributed by atoms with Crippen LogP contribution in [-0.4, -0.2) is 68.0 Å². The van der Waals surface area contributed by atoms with Gasteiger partial charge in [-0.1, -0.05) is 133 Å². The predicted molar refractivity (Wildman–Crippen MR) is 203 cm³/mol. The average Bonchev–Trinajstić information content (AvgIpc) is 3.53. The average molecular weight is 738 g/mol. The van der Waals surface area contributed by atoms with Crippen LogP contribution in [0.4, 0.5) is 0 Å². The van der Waals surface area contributed by atoms with Gasteiger partial charge in [-0.25, -0.2) is 0 Å². The Morgan fingerprint density at radius 3 is 1.61 bits per heavy atom. The molecule has 0 aliphatic carbocycles. The minimum Gasteiger partial charge on any atom is -0.374 e. The fourth-order valence-electron chi connectivity index (χ4n) is 6.84.